The Morgan fingerprint density at radius 1 is 1.16 bits per heavy atom. The summed E-state index contributed by atoms with van der Waals surface area (Å²) >= 11 is 0. The molecule has 1 amide bonds. The lowest BCUT2D eigenvalue weighted by Gasteiger charge is -2.33. The molecule has 1 aromatic carbocycles. The number of carbonyl (C=O) groups is 1. The first kappa shape index (κ1) is 16.0. The molecule has 1 aromatic heterocycles. The first-order valence-corrected chi connectivity index (χ1v) is 8.82. The molecule has 1 unspecified atom stereocenters. The van der Waals surface area contributed by atoms with Crippen molar-refractivity contribution in [1.82, 2.24) is 14.9 Å². The molecule has 1 aliphatic carbocycles. The molecule has 6 heteroatoms. The van der Waals surface area contributed by atoms with Gasteiger partial charge >= 0.3 is 0 Å². The van der Waals surface area contributed by atoms with Crippen LogP contribution in [0.15, 0.2) is 30.5 Å². The van der Waals surface area contributed by atoms with E-state index in [1.807, 2.05) is 4.90 Å². The van der Waals surface area contributed by atoms with Crippen molar-refractivity contribution in [2.75, 3.05) is 12.3 Å². The van der Waals surface area contributed by atoms with Crippen molar-refractivity contribution in [2.45, 2.75) is 38.1 Å². The second-order valence-corrected chi connectivity index (χ2v) is 6.85. The van der Waals surface area contributed by atoms with E-state index in [0.29, 0.717) is 0 Å². The van der Waals surface area contributed by atoms with Crippen LogP contribution in [0.3, 0.4) is 0 Å². The number of likely N-dealkylation sites (tertiary alicyclic amines) is 1. The summed E-state index contributed by atoms with van der Waals surface area (Å²) in [4.78, 5) is 23.3. The SMILES string of the molecule is Nc1ncc(-c2ccc(F)cc2)c(C2CCCN2C(=O)C2CCC2)n1. The van der Waals surface area contributed by atoms with Crippen LogP contribution in [-0.4, -0.2) is 27.3 Å². The highest BCUT2D eigenvalue weighted by atomic mass is 19.1. The van der Waals surface area contributed by atoms with Gasteiger partial charge in [0.05, 0.1) is 11.7 Å². The molecule has 1 saturated heterocycles. The zero-order valence-electron chi connectivity index (χ0n) is 14.0. The zero-order chi connectivity index (χ0) is 17.4. The van der Waals surface area contributed by atoms with Crippen LogP contribution in [0.1, 0.15) is 43.8 Å². The van der Waals surface area contributed by atoms with Gasteiger partial charge in [-0.05, 0) is 43.4 Å². The van der Waals surface area contributed by atoms with E-state index in [9.17, 15) is 9.18 Å². The van der Waals surface area contributed by atoms with Crippen molar-refractivity contribution in [3.8, 4) is 11.1 Å². The molecule has 1 saturated carbocycles. The normalized spacial score (nSPS) is 20.5. The Bertz CT molecular complexity index is 789. The van der Waals surface area contributed by atoms with Crippen LogP contribution in [0.5, 0.6) is 0 Å². The molecule has 2 N–H and O–H groups in total. The molecular weight excluding hydrogens is 319 g/mol. The van der Waals surface area contributed by atoms with Crippen LogP contribution >= 0.6 is 0 Å². The van der Waals surface area contributed by atoms with Crippen molar-refractivity contribution in [3.05, 3.63) is 42.0 Å². The van der Waals surface area contributed by atoms with E-state index >= 15 is 0 Å². The van der Waals surface area contributed by atoms with Gasteiger partial charge in [-0.25, -0.2) is 14.4 Å². The first-order chi connectivity index (χ1) is 12.1. The lowest BCUT2D eigenvalue weighted by atomic mass is 9.84. The van der Waals surface area contributed by atoms with Crippen LogP contribution in [0.4, 0.5) is 10.3 Å². The summed E-state index contributed by atoms with van der Waals surface area (Å²) in [7, 11) is 0. The number of hydrogen-bond donors (Lipinski definition) is 1. The second-order valence-electron chi connectivity index (χ2n) is 6.85. The molecular formula is C19H21FN4O. The summed E-state index contributed by atoms with van der Waals surface area (Å²) in [5, 5.41) is 0. The molecule has 0 spiro atoms. The topological polar surface area (TPSA) is 72.1 Å². The van der Waals surface area contributed by atoms with Crippen molar-refractivity contribution in [2.24, 2.45) is 5.92 Å². The number of benzene rings is 1. The van der Waals surface area contributed by atoms with Crippen molar-refractivity contribution in [3.63, 3.8) is 0 Å². The number of amides is 1. The zero-order valence-corrected chi connectivity index (χ0v) is 14.0. The van der Waals surface area contributed by atoms with E-state index in [4.69, 9.17) is 5.73 Å². The quantitative estimate of drug-likeness (QED) is 0.930. The molecule has 0 bridgehead atoms. The maximum absolute atomic E-state index is 13.3. The Labute approximate surface area is 146 Å². The molecule has 2 aromatic rings. The van der Waals surface area contributed by atoms with Gasteiger partial charge in [0.2, 0.25) is 11.9 Å². The monoisotopic (exact) mass is 340 g/mol. The highest BCUT2D eigenvalue weighted by Gasteiger charge is 2.37. The Balaban J connectivity index is 1.72. The maximum atomic E-state index is 13.3. The van der Waals surface area contributed by atoms with Crippen LogP contribution < -0.4 is 5.73 Å². The molecule has 2 fully saturated rings. The van der Waals surface area contributed by atoms with Crippen molar-refractivity contribution < 1.29 is 9.18 Å². The number of anilines is 1. The van der Waals surface area contributed by atoms with Gasteiger partial charge in [0.25, 0.3) is 0 Å². The van der Waals surface area contributed by atoms with Crippen LogP contribution in [-0.2, 0) is 4.79 Å². The largest absolute Gasteiger partial charge is 0.368 e. The number of hydrogen-bond acceptors (Lipinski definition) is 4. The predicted octanol–water partition coefficient (Wildman–Crippen LogP) is 3.33. The summed E-state index contributed by atoms with van der Waals surface area (Å²) in [6.45, 7) is 0.757. The molecule has 4 rings (SSSR count). The number of carbonyl (C=O) groups excluding carboxylic acids is 1. The fraction of sp³-hybridized carbons (Fsp3) is 0.421. The van der Waals surface area contributed by atoms with Gasteiger partial charge in [0.1, 0.15) is 5.82 Å². The van der Waals surface area contributed by atoms with Crippen LogP contribution in [0.2, 0.25) is 0 Å². The Hall–Kier alpha value is -2.50. The smallest absolute Gasteiger partial charge is 0.226 e. The van der Waals surface area contributed by atoms with Crippen LogP contribution in [0, 0.1) is 11.7 Å². The van der Waals surface area contributed by atoms with Gasteiger partial charge in [-0.15, -0.1) is 0 Å². The van der Waals surface area contributed by atoms with E-state index in [-0.39, 0.29) is 29.6 Å². The summed E-state index contributed by atoms with van der Waals surface area (Å²) in [5.41, 5.74) is 8.24. The third kappa shape index (κ3) is 2.97. The van der Waals surface area contributed by atoms with E-state index in [1.165, 1.54) is 12.1 Å². The Kier molecular flexibility index (Phi) is 4.11. The van der Waals surface area contributed by atoms with E-state index in [0.717, 1.165) is 55.5 Å². The Morgan fingerprint density at radius 2 is 1.92 bits per heavy atom. The van der Waals surface area contributed by atoms with Gasteiger partial charge in [0.15, 0.2) is 0 Å². The predicted molar refractivity (Wildman–Crippen MR) is 92.9 cm³/mol. The lowest BCUT2D eigenvalue weighted by Crippen LogP contribution is -2.38. The van der Waals surface area contributed by atoms with Gasteiger partial charge in [-0.1, -0.05) is 18.6 Å². The van der Waals surface area contributed by atoms with Crippen molar-refractivity contribution >= 4 is 11.9 Å². The first-order valence-electron chi connectivity index (χ1n) is 8.82. The van der Waals surface area contributed by atoms with Gasteiger partial charge < -0.3 is 10.6 Å². The molecule has 25 heavy (non-hydrogen) atoms. The molecule has 5 nitrogen and oxygen atoms in total. The summed E-state index contributed by atoms with van der Waals surface area (Å²) < 4.78 is 13.3. The maximum Gasteiger partial charge on any atom is 0.226 e. The minimum absolute atomic E-state index is 0.0848. The lowest BCUT2D eigenvalue weighted by molar-refractivity contribution is -0.139. The molecule has 2 aliphatic rings. The Morgan fingerprint density at radius 3 is 2.60 bits per heavy atom. The molecule has 1 aliphatic heterocycles. The highest BCUT2D eigenvalue weighted by Crippen LogP contribution is 2.39. The molecule has 2 heterocycles. The van der Waals surface area contributed by atoms with E-state index in [1.54, 1.807) is 18.3 Å². The standard InChI is InChI=1S/C19H21FN4O/c20-14-8-6-12(7-9-14)15-11-22-19(21)23-17(15)16-5-2-10-24(16)18(25)13-3-1-4-13/h6-9,11,13,16H,1-5,10H2,(H2,21,22,23). The van der Waals surface area contributed by atoms with Gasteiger partial charge in [-0.3, -0.25) is 4.79 Å². The minimum atomic E-state index is -0.288. The van der Waals surface area contributed by atoms with Gasteiger partial charge in [0, 0.05) is 24.2 Å². The minimum Gasteiger partial charge on any atom is -0.368 e. The number of nitrogen functional groups attached to an aromatic ring is 1. The third-order valence-electron chi connectivity index (χ3n) is 5.30. The summed E-state index contributed by atoms with van der Waals surface area (Å²) in [6.07, 6.45) is 6.60. The van der Waals surface area contributed by atoms with Gasteiger partial charge in [-0.2, -0.15) is 0 Å². The number of nitrogens with zero attached hydrogens (tertiary/aromatic N) is 3. The molecule has 130 valence electrons. The average Bonchev–Trinajstić information content (AvgIpc) is 3.03. The number of aromatic nitrogens is 2. The number of nitrogens with two attached hydrogens (primary N) is 1. The average molecular weight is 340 g/mol. The molecule has 0 radical (unpaired) electrons. The van der Waals surface area contributed by atoms with E-state index < -0.39 is 0 Å². The summed E-state index contributed by atoms with van der Waals surface area (Å²) in [5.74, 6) is 0.304. The molecule has 1 atom stereocenters. The number of rotatable bonds is 3. The third-order valence-corrected chi connectivity index (χ3v) is 5.30. The highest BCUT2D eigenvalue weighted by molar-refractivity contribution is 5.81. The summed E-state index contributed by atoms with van der Waals surface area (Å²) in [6, 6.07) is 6.17. The fourth-order valence-corrected chi connectivity index (χ4v) is 3.72. The fourth-order valence-electron chi connectivity index (χ4n) is 3.72. The van der Waals surface area contributed by atoms with Crippen LogP contribution in [0.25, 0.3) is 11.1 Å². The van der Waals surface area contributed by atoms with E-state index in [2.05, 4.69) is 9.97 Å². The second kappa shape index (κ2) is 6.43. The van der Waals surface area contributed by atoms with Crippen molar-refractivity contribution in [1.29, 1.82) is 0 Å². The number of halogens is 1.